The highest BCUT2D eigenvalue weighted by atomic mass is 35.5. The molecule has 2 aliphatic heterocycles. The molecule has 146 valence electrons. The van der Waals surface area contributed by atoms with Crippen LogP contribution < -0.4 is 5.32 Å². The molecule has 1 aromatic heterocycles. The minimum atomic E-state index is -0.0339. The summed E-state index contributed by atoms with van der Waals surface area (Å²) in [5.74, 6) is -0.0339. The van der Waals surface area contributed by atoms with E-state index in [0.717, 1.165) is 57.1 Å². The Morgan fingerprint density at radius 1 is 1.26 bits per heavy atom. The molecule has 1 aromatic carbocycles. The first kappa shape index (κ1) is 20.1. The first-order valence-electron chi connectivity index (χ1n) is 9.06. The third-order valence-corrected chi connectivity index (χ3v) is 5.50. The van der Waals surface area contributed by atoms with Crippen molar-refractivity contribution in [3.05, 3.63) is 40.7 Å². The quantitative estimate of drug-likeness (QED) is 0.834. The number of halogens is 2. The van der Waals surface area contributed by atoms with Gasteiger partial charge >= 0.3 is 0 Å². The van der Waals surface area contributed by atoms with Crippen molar-refractivity contribution in [1.82, 2.24) is 30.1 Å². The number of piperazine rings is 1. The molecular weight excluding hydrogens is 387 g/mol. The van der Waals surface area contributed by atoms with Crippen molar-refractivity contribution in [3.63, 3.8) is 0 Å². The summed E-state index contributed by atoms with van der Waals surface area (Å²) < 4.78 is 1.67. The van der Waals surface area contributed by atoms with E-state index in [1.165, 1.54) is 0 Å². The van der Waals surface area contributed by atoms with Gasteiger partial charge in [-0.1, -0.05) is 22.9 Å². The predicted molar refractivity (Wildman–Crippen MR) is 107 cm³/mol. The van der Waals surface area contributed by atoms with Crippen LogP contribution in [0.25, 0.3) is 5.69 Å². The molecule has 2 aromatic rings. The summed E-state index contributed by atoms with van der Waals surface area (Å²) in [6.45, 7) is 7.57. The molecule has 9 heteroatoms. The number of carbonyl (C=O) groups excluding carboxylic acids is 1. The molecule has 1 N–H and O–H groups in total. The number of nitrogens with one attached hydrogen (secondary N) is 1. The lowest BCUT2D eigenvalue weighted by molar-refractivity contribution is 0.0767. The second-order valence-corrected chi connectivity index (χ2v) is 7.33. The lowest BCUT2D eigenvalue weighted by atomic mass is 10.2. The Hall–Kier alpha value is -1.67. The van der Waals surface area contributed by atoms with Crippen molar-refractivity contribution < 1.29 is 4.79 Å². The second kappa shape index (κ2) is 8.56. The minimum Gasteiger partial charge on any atom is -0.336 e. The summed E-state index contributed by atoms with van der Waals surface area (Å²) in [6, 6.07) is 7.83. The van der Waals surface area contributed by atoms with Gasteiger partial charge in [0.1, 0.15) is 0 Å². The number of hydrogen-bond donors (Lipinski definition) is 1. The number of amides is 1. The molecule has 3 heterocycles. The van der Waals surface area contributed by atoms with Crippen molar-refractivity contribution in [1.29, 1.82) is 0 Å². The fraction of sp³-hybridized carbons (Fsp3) is 0.500. The van der Waals surface area contributed by atoms with Crippen molar-refractivity contribution in [2.45, 2.75) is 19.4 Å². The maximum Gasteiger partial charge on any atom is 0.276 e. The van der Waals surface area contributed by atoms with Crippen LogP contribution in [0.5, 0.6) is 0 Å². The molecule has 1 atom stereocenters. The van der Waals surface area contributed by atoms with Gasteiger partial charge in [-0.15, -0.1) is 17.5 Å². The Morgan fingerprint density at radius 3 is 2.78 bits per heavy atom. The number of nitrogens with zero attached hydrogens (tertiary/aromatic N) is 5. The Balaban J connectivity index is 0.00000210. The van der Waals surface area contributed by atoms with Crippen LogP contribution in [0.15, 0.2) is 24.3 Å². The average molecular weight is 411 g/mol. The topological polar surface area (TPSA) is 66.3 Å². The summed E-state index contributed by atoms with van der Waals surface area (Å²) >= 11 is 6.06. The van der Waals surface area contributed by atoms with E-state index in [1.54, 1.807) is 4.68 Å². The van der Waals surface area contributed by atoms with Gasteiger partial charge in [-0.05, 0) is 31.5 Å². The maximum absolute atomic E-state index is 13.0. The van der Waals surface area contributed by atoms with E-state index < -0.39 is 0 Å². The highest BCUT2D eigenvalue weighted by Crippen LogP contribution is 2.21. The van der Waals surface area contributed by atoms with Crippen molar-refractivity contribution in [2.24, 2.45) is 0 Å². The molecule has 27 heavy (non-hydrogen) atoms. The van der Waals surface area contributed by atoms with Crippen LogP contribution in [0.4, 0.5) is 0 Å². The molecule has 0 spiro atoms. The van der Waals surface area contributed by atoms with E-state index in [1.807, 2.05) is 36.1 Å². The van der Waals surface area contributed by atoms with Gasteiger partial charge in [0.2, 0.25) is 0 Å². The summed E-state index contributed by atoms with van der Waals surface area (Å²) in [7, 11) is 0. The zero-order chi connectivity index (χ0) is 18.1. The predicted octanol–water partition coefficient (Wildman–Crippen LogP) is 1.77. The van der Waals surface area contributed by atoms with Crippen LogP contribution in [0, 0.1) is 6.92 Å². The molecule has 2 saturated heterocycles. The SMILES string of the molecule is Cc1c(C(=O)N2CCC(N3CCNCC3)C2)nnn1-c1cccc(Cl)c1.Cl. The molecule has 2 aliphatic rings. The van der Waals surface area contributed by atoms with E-state index >= 15 is 0 Å². The molecule has 2 fully saturated rings. The van der Waals surface area contributed by atoms with Gasteiger partial charge in [-0.25, -0.2) is 4.68 Å². The van der Waals surface area contributed by atoms with Crippen LogP contribution in [-0.2, 0) is 0 Å². The van der Waals surface area contributed by atoms with Gasteiger partial charge in [0.15, 0.2) is 5.69 Å². The summed E-state index contributed by atoms with van der Waals surface area (Å²) in [5.41, 5.74) is 1.97. The van der Waals surface area contributed by atoms with Crippen molar-refractivity contribution >= 4 is 29.9 Å². The summed E-state index contributed by atoms with van der Waals surface area (Å²) in [4.78, 5) is 17.4. The van der Waals surface area contributed by atoms with Crippen LogP contribution in [0.2, 0.25) is 5.02 Å². The molecule has 4 rings (SSSR count). The molecule has 0 radical (unpaired) electrons. The summed E-state index contributed by atoms with van der Waals surface area (Å²) in [6.07, 6.45) is 1.02. The van der Waals surface area contributed by atoms with E-state index in [2.05, 4.69) is 20.5 Å². The normalized spacial score (nSPS) is 20.5. The summed E-state index contributed by atoms with van der Waals surface area (Å²) in [5, 5.41) is 12.3. The standard InChI is InChI=1S/C18H23ClN6O.ClH/c1-13-17(21-22-25(13)15-4-2-3-14(19)11-15)18(26)24-8-5-16(12-24)23-9-6-20-7-10-23;/h2-4,11,16,20H,5-10,12H2,1H3;1H. The zero-order valence-corrected chi connectivity index (χ0v) is 16.8. The highest BCUT2D eigenvalue weighted by molar-refractivity contribution is 6.30. The van der Waals surface area contributed by atoms with Crippen LogP contribution in [-0.4, -0.2) is 76.0 Å². The largest absolute Gasteiger partial charge is 0.336 e. The fourth-order valence-corrected chi connectivity index (χ4v) is 3.99. The number of aromatic nitrogens is 3. The number of likely N-dealkylation sites (tertiary alicyclic amines) is 1. The second-order valence-electron chi connectivity index (χ2n) is 6.89. The van der Waals surface area contributed by atoms with Gasteiger partial charge in [-0.3, -0.25) is 9.69 Å². The van der Waals surface area contributed by atoms with Crippen molar-refractivity contribution in [2.75, 3.05) is 39.3 Å². The molecule has 1 unspecified atom stereocenters. The number of rotatable bonds is 3. The van der Waals surface area contributed by atoms with E-state index in [9.17, 15) is 4.79 Å². The number of benzene rings is 1. The van der Waals surface area contributed by atoms with Crippen molar-refractivity contribution in [3.8, 4) is 5.69 Å². The third kappa shape index (κ3) is 4.11. The number of hydrogen-bond acceptors (Lipinski definition) is 5. The third-order valence-electron chi connectivity index (χ3n) is 5.27. The van der Waals surface area contributed by atoms with Crippen LogP contribution >= 0.6 is 24.0 Å². The van der Waals surface area contributed by atoms with Gasteiger partial charge in [-0.2, -0.15) is 0 Å². The van der Waals surface area contributed by atoms with Gasteiger partial charge < -0.3 is 10.2 Å². The Labute approximate surface area is 170 Å². The Morgan fingerprint density at radius 2 is 2.04 bits per heavy atom. The Bertz CT molecular complexity index is 805. The molecular formula is C18H24Cl2N6O. The lowest BCUT2D eigenvalue weighted by Gasteiger charge is -2.32. The average Bonchev–Trinajstić information content (AvgIpc) is 3.29. The molecule has 0 bridgehead atoms. The zero-order valence-electron chi connectivity index (χ0n) is 15.3. The molecule has 0 aliphatic carbocycles. The molecule has 0 saturated carbocycles. The first-order valence-corrected chi connectivity index (χ1v) is 9.43. The molecule has 7 nitrogen and oxygen atoms in total. The monoisotopic (exact) mass is 410 g/mol. The van der Waals surface area contributed by atoms with Gasteiger partial charge in [0, 0.05) is 50.3 Å². The number of carbonyl (C=O) groups is 1. The smallest absolute Gasteiger partial charge is 0.276 e. The van der Waals surface area contributed by atoms with E-state index in [0.29, 0.717) is 16.8 Å². The fourth-order valence-electron chi connectivity index (χ4n) is 3.80. The van der Waals surface area contributed by atoms with Crippen LogP contribution in [0.1, 0.15) is 22.6 Å². The van der Waals surface area contributed by atoms with Crippen LogP contribution in [0.3, 0.4) is 0 Å². The first-order chi connectivity index (χ1) is 12.6. The van der Waals surface area contributed by atoms with E-state index in [-0.39, 0.29) is 18.3 Å². The molecule has 1 amide bonds. The lowest BCUT2D eigenvalue weighted by Crippen LogP contribution is -2.49. The Kier molecular flexibility index (Phi) is 6.37. The van der Waals surface area contributed by atoms with Gasteiger partial charge in [0.25, 0.3) is 5.91 Å². The highest BCUT2D eigenvalue weighted by Gasteiger charge is 2.33. The maximum atomic E-state index is 13.0. The van der Waals surface area contributed by atoms with Gasteiger partial charge in [0.05, 0.1) is 11.4 Å². The van der Waals surface area contributed by atoms with E-state index in [4.69, 9.17) is 11.6 Å². The minimum absolute atomic E-state index is 0.